The number of benzene rings is 1. The molecule has 0 radical (unpaired) electrons. The third-order valence-corrected chi connectivity index (χ3v) is 6.56. The van der Waals surface area contributed by atoms with E-state index in [0.29, 0.717) is 18.6 Å². The molecule has 0 aromatic heterocycles. The van der Waals surface area contributed by atoms with Crippen LogP contribution in [0.25, 0.3) is 0 Å². The molecule has 0 bridgehead atoms. The van der Waals surface area contributed by atoms with Crippen molar-refractivity contribution in [3.63, 3.8) is 0 Å². The number of thioether (sulfide) groups is 1. The number of rotatable bonds is 13. The van der Waals surface area contributed by atoms with Crippen molar-refractivity contribution in [2.45, 2.75) is 111 Å². The van der Waals surface area contributed by atoms with Crippen molar-refractivity contribution in [1.82, 2.24) is 15.5 Å². The molecule has 0 saturated heterocycles. The third kappa shape index (κ3) is 10.4. The lowest BCUT2D eigenvalue weighted by atomic mass is 9.97. The summed E-state index contributed by atoms with van der Waals surface area (Å²) in [6.07, 6.45) is 4.20. The molecule has 0 saturated carbocycles. The van der Waals surface area contributed by atoms with Gasteiger partial charge in [0.05, 0.1) is 0 Å². The van der Waals surface area contributed by atoms with E-state index in [4.69, 9.17) is 4.74 Å². The van der Waals surface area contributed by atoms with Gasteiger partial charge in [-0.1, -0.05) is 50.1 Å². The zero-order chi connectivity index (χ0) is 27.5. The van der Waals surface area contributed by atoms with Crippen LogP contribution in [0.1, 0.15) is 91.3 Å². The average Bonchev–Trinajstić information content (AvgIpc) is 2.77. The Morgan fingerprint density at radius 1 is 1.08 bits per heavy atom. The smallest absolute Gasteiger partial charge is 0.408 e. The second kappa shape index (κ2) is 15.1. The minimum Gasteiger partial charge on any atom is -0.444 e. The predicted molar refractivity (Wildman–Crippen MR) is 149 cm³/mol. The third-order valence-electron chi connectivity index (χ3n) is 5.91. The fraction of sp³-hybridized carbons (Fsp3) is 0.679. The minimum atomic E-state index is -0.816. The van der Waals surface area contributed by atoms with E-state index in [0.717, 1.165) is 24.0 Å². The first kappa shape index (κ1) is 31.8. The van der Waals surface area contributed by atoms with Gasteiger partial charge >= 0.3 is 6.09 Å². The highest BCUT2D eigenvalue weighted by atomic mass is 32.2. The number of carbonyl (C=O) groups excluding carboxylic acids is 3. The Kier molecular flexibility index (Phi) is 13.4. The molecule has 0 fully saturated rings. The molecule has 1 aromatic rings. The molecule has 7 nitrogen and oxygen atoms in total. The van der Waals surface area contributed by atoms with E-state index in [1.54, 1.807) is 37.4 Å². The van der Waals surface area contributed by atoms with Gasteiger partial charge in [-0.3, -0.25) is 9.59 Å². The number of hydrogen-bond acceptors (Lipinski definition) is 5. The zero-order valence-corrected chi connectivity index (χ0v) is 24.5. The summed E-state index contributed by atoms with van der Waals surface area (Å²) in [4.78, 5) is 42.2. The van der Waals surface area contributed by atoms with Gasteiger partial charge in [-0.15, -0.1) is 0 Å². The number of nitrogens with zero attached hydrogens (tertiary/aromatic N) is 1. The van der Waals surface area contributed by atoms with E-state index >= 15 is 0 Å². The van der Waals surface area contributed by atoms with Crippen LogP contribution < -0.4 is 10.6 Å². The van der Waals surface area contributed by atoms with Gasteiger partial charge in [-0.2, -0.15) is 11.8 Å². The standard InChI is InChI=1S/C28H47N3O4S/c1-10-13-20(4)29-25(32)24(22-15-12-14-19(3)18-22)31(21(5)11-2)26(33)23(16-17-36-9)30-27(34)35-28(6,7)8/h12,14-15,18,20-21,23-24H,10-11,13,16-17H2,1-9H3,(H,29,32)(H,30,34). The fourth-order valence-corrected chi connectivity index (χ4v) is 4.50. The summed E-state index contributed by atoms with van der Waals surface area (Å²) >= 11 is 1.60. The van der Waals surface area contributed by atoms with Crippen LogP contribution in [0.5, 0.6) is 0 Å². The Morgan fingerprint density at radius 2 is 1.75 bits per heavy atom. The maximum Gasteiger partial charge on any atom is 0.408 e. The Morgan fingerprint density at radius 3 is 2.28 bits per heavy atom. The molecule has 36 heavy (non-hydrogen) atoms. The summed E-state index contributed by atoms with van der Waals surface area (Å²) < 4.78 is 5.45. The average molecular weight is 522 g/mol. The van der Waals surface area contributed by atoms with Gasteiger partial charge in [0.2, 0.25) is 11.8 Å². The lowest BCUT2D eigenvalue weighted by Crippen LogP contribution is -2.56. The highest BCUT2D eigenvalue weighted by Crippen LogP contribution is 2.28. The Labute approximate surface area is 222 Å². The molecule has 4 unspecified atom stereocenters. The molecule has 1 rings (SSSR count). The van der Waals surface area contributed by atoms with Gasteiger partial charge in [0.15, 0.2) is 0 Å². The van der Waals surface area contributed by atoms with Crippen LogP contribution in [0.15, 0.2) is 24.3 Å². The topological polar surface area (TPSA) is 87.7 Å². The van der Waals surface area contributed by atoms with Gasteiger partial charge in [-0.05, 0) is 78.4 Å². The first-order valence-electron chi connectivity index (χ1n) is 13.0. The Hall–Kier alpha value is -2.22. The van der Waals surface area contributed by atoms with Gasteiger partial charge < -0.3 is 20.3 Å². The van der Waals surface area contributed by atoms with Crippen molar-refractivity contribution >= 4 is 29.7 Å². The molecule has 204 valence electrons. The highest BCUT2D eigenvalue weighted by molar-refractivity contribution is 7.98. The molecule has 2 N–H and O–H groups in total. The summed E-state index contributed by atoms with van der Waals surface area (Å²) in [7, 11) is 0. The first-order chi connectivity index (χ1) is 16.8. The maximum absolute atomic E-state index is 14.1. The van der Waals surface area contributed by atoms with Gasteiger partial charge in [0.1, 0.15) is 17.7 Å². The van der Waals surface area contributed by atoms with Crippen molar-refractivity contribution in [2.24, 2.45) is 0 Å². The van der Waals surface area contributed by atoms with Crippen LogP contribution in [-0.4, -0.2) is 58.5 Å². The second-order valence-corrected chi connectivity index (χ2v) is 11.5. The largest absolute Gasteiger partial charge is 0.444 e. The quantitative estimate of drug-likeness (QED) is 0.352. The monoisotopic (exact) mass is 521 g/mol. The number of hydrogen-bond donors (Lipinski definition) is 2. The number of nitrogens with one attached hydrogen (secondary N) is 2. The van der Waals surface area contributed by atoms with Crippen molar-refractivity contribution in [3.05, 3.63) is 35.4 Å². The van der Waals surface area contributed by atoms with E-state index < -0.39 is 23.8 Å². The summed E-state index contributed by atoms with van der Waals surface area (Å²) in [5.41, 5.74) is 1.08. The predicted octanol–water partition coefficient (Wildman–Crippen LogP) is 5.61. The molecule has 8 heteroatoms. The van der Waals surface area contributed by atoms with Crippen LogP contribution in [0, 0.1) is 6.92 Å². The highest BCUT2D eigenvalue weighted by Gasteiger charge is 2.38. The van der Waals surface area contributed by atoms with Gasteiger partial charge in [0.25, 0.3) is 0 Å². The lowest BCUT2D eigenvalue weighted by molar-refractivity contribution is -0.145. The van der Waals surface area contributed by atoms with E-state index in [1.165, 1.54) is 0 Å². The maximum atomic E-state index is 14.1. The fourth-order valence-electron chi connectivity index (χ4n) is 4.02. The number of alkyl carbamates (subject to hydrolysis) is 1. The summed E-state index contributed by atoms with van der Waals surface area (Å²) in [5, 5.41) is 5.91. The van der Waals surface area contributed by atoms with Crippen molar-refractivity contribution in [1.29, 1.82) is 0 Å². The normalized spacial score (nSPS) is 14.8. The second-order valence-electron chi connectivity index (χ2n) is 10.5. The number of carbonyl (C=O) groups is 3. The first-order valence-corrected chi connectivity index (χ1v) is 14.4. The van der Waals surface area contributed by atoms with Crippen molar-refractivity contribution < 1.29 is 19.1 Å². The summed E-state index contributed by atoms with van der Waals surface area (Å²) in [6.45, 7) is 15.3. The SMILES string of the molecule is CCCC(C)NC(=O)C(c1cccc(C)c1)N(C(=O)C(CCSC)NC(=O)OC(C)(C)C)C(C)CC. The lowest BCUT2D eigenvalue weighted by Gasteiger charge is -2.38. The molecular weight excluding hydrogens is 474 g/mol. The number of aryl methyl sites for hydroxylation is 1. The molecule has 4 atom stereocenters. The molecule has 0 aliphatic carbocycles. The Balaban J connectivity index is 3.50. The number of amides is 3. The van der Waals surface area contributed by atoms with Crippen molar-refractivity contribution in [2.75, 3.05) is 12.0 Å². The molecular formula is C28H47N3O4S. The van der Waals surface area contributed by atoms with Crippen LogP contribution in [0.4, 0.5) is 4.79 Å². The van der Waals surface area contributed by atoms with Crippen LogP contribution >= 0.6 is 11.8 Å². The Bertz CT molecular complexity index is 855. The molecule has 1 aromatic carbocycles. The summed E-state index contributed by atoms with van der Waals surface area (Å²) in [5.74, 6) is 0.181. The van der Waals surface area contributed by atoms with Crippen LogP contribution in [0.3, 0.4) is 0 Å². The zero-order valence-electron chi connectivity index (χ0n) is 23.6. The molecule has 3 amide bonds. The van der Waals surface area contributed by atoms with Crippen LogP contribution in [0.2, 0.25) is 0 Å². The van der Waals surface area contributed by atoms with E-state index in [1.807, 2.05) is 58.2 Å². The number of ether oxygens (including phenoxy) is 1. The molecule has 0 aliphatic heterocycles. The van der Waals surface area contributed by atoms with Crippen molar-refractivity contribution in [3.8, 4) is 0 Å². The van der Waals surface area contributed by atoms with Crippen LogP contribution in [-0.2, 0) is 14.3 Å². The van der Waals surface area contributed by atoms with E-state index in [2.05, 4.69) is 17.6 Å². The van der Waals surface area contributed by atoms with E-state index in [9.17, 15) is 14.4 Å². The van der Waals surface area contributed by atoms with Gasteiger partial charge in [0, 0.05) is 12.1 Å². The minimum absolute atomic E-state index is 0.0177. The molecule has 0 spiro atoms. The summed E-state index contributed by atoms with van der Waals surface area (Å²) in [6, 6.07) is 5.85. The van der Waals surface area contributed by atoms with E-state index in [-0.39, 0.29) is 23.9 Å². The van der Waals surface area contributed by atoms with Gasteiger partial charge in [-0.25, -0.2) is 4.79 Å². The molecule has 0 heterocycles. The molecule has 0 aliphatic rings.